The number of nitrogens with zero attached hydrogens (tertiary/aromatic N) is 1. The second kappa shape index (κ2) is 7.85. The van der Waals surface area contributed by atoms with Gasteiger partial charge in [-0.2, -0.15) is 0 Å². The molecule has 1 saturated heterocycles. The average Bonchev–Trinajstić information content (AvgIpc) is 2.43. The Balaban J connectivity index is 1.93. The van der Waals surface area contributed by atoms with Crippen molar-refractivity contribution in [2.45, 2.75) is 65.3 Å². The molecular formula is C20H33NO3. The highest BCUT2D eigenvalue weighted by atomic mass is 16.5. The van der Waals surface area contributed by atoms with Gasteiger partial charge in [0.2, 0.25) is 0 Å². The zero-order valence-corrected chi connectivity index (χ0v) is 16.0. The molecule has 2 rings (SSSR count). The van der Waals surface area contributed by atoms with Crippen LogP contribution in [0.2, 0.25) is 0 Å². The quantitative estimate of drug-likeness (QED) is 0.898. The van der Waals surface area contributed by atoms with Gasteiger partial charge in [-0.3, -0.25) is 4.90 Å². The van der Waals surface area contributed by atoms with Gasteiger partial charge in [0.25, 0.3) is 0 Å². The molecule has 1 heterocycles. The molecule has 3 atom stereocenters. The number of morpholine rings is 1. The first-order valence-corrected chi connectivity index (χ1v) is 8.95. The summed E-state index contributed by atoms with van der Waals surface area (Å²) in [4.78, 5) is 2.26. The lowest BCUT2D eigenvalue weighted by Crippen LogP contribution is -2.48. The van der Waals surface area contributed by atoms with Crippen molar-refractivity contribution in [2.75, 3.05) is 26.2 Å². The van der Waals surface area contributed by atoms with Gasteiger partial charge in [-0.05, 0) is 37.8 Å². The molecule has 1 aromatic rings. The number of aryl methyl sites for hydroxylation is 1. The molecule has 1 fully saturated rings. The molecule has 0 aromatic heterocycles. The highest BCUT2D eigenvalue weighted by Crippen LogP contribution is 2.32. The lowest BCUT2D eigenvalue weighted by molar-refractivity contribution is -0.0787. The van der Waals surface area contributed by atoms with Crippen LogP contribution in [0.25, 0.3) is 0 Å². The molecule has 1 aliphatic rings. The molecule has 0 unspecified atom stereocenters. The molecule has 136 valence electrons. The van der Waals surface area contributed by atoms with E-state index in [1.165, 1.54) is 11.1 Å². The van der Waals surface area contributed by atoms with Crippen LogP contribution in [0.5, 0.6) is 5.75 Å². The summed E-state index contributed by atoms with van der Waals surface area (Å²) in [6, 6.07) is 6.25. The second-order valence-corrected chi connectivity index (χ2v) is 8.19. The highest BCUT2D eigenvalue weighted by Gasteiger charge is 2.24. The summed E-state index contributed by atoms with van der Waals surface area (Å²) in [6.45, 7) is 15.4. The van der Waals surface area contributed by atoms with Gasteiger partial charge < -0.3 is 14.6 Å². The number of aliphatic hydroxyl groups is 1. The van der Waals surface area contributed by atoms with E-state index in [1.54, 1.807) is 0 Å². The third-order valence-electron chi connectivity index (χ3n) is 4.34. The number of β-amino-alcohol motifs (C(OH)–C–C–N with tert-alkyl or cyclic N) is 1. The van der Waals surface area contributed by atoms with Crippen molar-refractivity contribution >= 4 is 0 Å². The Bertz CT molecular complexity index is 528. The van der Waals surface area contributed by atoms with Gasteiger partial charge in [0.15, 0.2) is 0 Å². The molecule has 1 aliphatic heterocycles. The number of aliphatic hydroxyl groups excluding tert-OH is 1. The Hall–Kier alpha value is -1.10. The van der Waals surface area contributed by atoms with E-state index in [1.807, 2.05) is 6.07 Å². The van der Waals surface area contributed by atoms with Gasteiger partial charge >= 0.3 is 0 Å². The van der Waals surface area contributed by atoms with E-state index in [2.05, 4.69) is 58.6 Å². The van der Waals surface area contributed by atoms with E-state index in [-0.39, 0.29) is 17.6 Å². The Kier molecular flexibility index (Phi) is 6.29. The molecule has 4 heteroatoms. The zero-order valence-electron chi connectivity index (χ0n) is 16.0. The number of rotatable bonds is 5. The normalized spacial score (nSPS) is 24.0. The SMILES string of the molecule is Cc1ccc(OC[C@H](O)CN2C[C@@H](C)O[C@@H](C)C2)c(C(C)(C)C)c1. The maximum atomic E-state index is 10.4. The van der Waals surface area contributed by atoms with E-state index in [0.29, 0.717) is 13.2 Å². The van der Waals surface area contributed by atoms with E-state index < -0.39 is 6.10 Å². The first kappa shape index (κ1) is 19.2. The minimum absolute atomic E-state index is 0.0153. The first-order valence-electron chi connectivity index (χ1n) is 8.95. The fraction of sp³-hybridized carbons (Fsp3) is 0.700. The molecule has 0 amide bonds. The lowest BCUT2D eigenvalue weighted by Gasteiger charge is -2.36. The fourth-order valence-electron chi connectivity index (χ4n) is 3.33. The van der Waals surface area contributed by atoms with Crippen LogP contribution in [0, 0.1) is 6.92 Å². The Labute approximate surface area is 146 Å². The fourth-order valence-corrected chi connectivity index (χ4v) is 3.33. The Morgan fingerprint density at radius 1 is 1.25 bits per heavy atom. The largest absolute Gasteiger partial charge is 0.491 e. The van der Waals surface area contributed by atoms with Crippen LogP contribution in [0.1, 0.15) is 45.7 Å². The van der Waals surface area contributed by atoms with Crippen molar-refractivity contribution in [3.63, 3.8) is 0 Å². The van der Waals surface area contributed by atoms with Gasteiger partial charge in [0, 0.05) is 19.6 Å². The predicted molar refractivity (Wildman–Crippen MR) is 97.8 cm³/mol. The molecular weight excluding hydrogens is 302 g/mol. The van der Waals surface area contributed by atoms with Crippen LogP contribution in [-0.4, -0.2) is 54.6 Å². The highest BCUT2D eigenvalue weighted by molar-refractivity contribution is 5.41. The second-order valence-electron chi connectivity index (χ2n) is 8.19. The minimum Gasteiger partial charge on any atom is -0.491 e. The maximum absolute atomic E-state index is 10.4. The summed E-state index contributed by atoms with van der Waals surface area (Å²) in [5, 5.41) is 10.4. The smallest absolute Gasteiger partial charge is 0.123 e. The van der Waals surface area contributed by atoms with Crippen LogP contribution >= 0.6 is 0 Å². The van der Waals surface area contributed by atoms with Crippen LogP contribution in [0.4, 0.5) is 0 Å². The lowest BCUT2D eigenvalue weighted by atomic mass is 9.85. The van der Waals surface area contributed by atoms with E-state index in [0.717, 1.165) is 18.8 Å². The third-order valence-corrected chi connectivity index (χ3v) is 4.34. The predicted octanol–water partition coefficient (Wildman–Crippen LogP) is 3.14. The van der Waals surface area contributed by atoms with Gasteiger partial charge in [0.1, 0.15) is 18.5 Å². The van der Waals surface area contributed by atoms with Gasteiger partial charge in [0.05, 0.1) is 12.2 Å². The molecule has 1 aromatic carbocycles. The van der Waals surface area contributed by atoms with Gasteiger partial charge in [-0.15, -0.1) is 0 Å². The molecule has 4 nitrogen and oxygen atoms in total. The van der Waals surface area contributed by atoms with E-state index in [9.17, 15) is 5.11 Å². The number of hydrogen-bond donors (Lipinski definition) is 1. The number of benzene rings is 1. The molecule has 0 spiro atoms. The average molecular weight is 335 g/mol. The summed E-state index contributed by atoms with van der Waals surface area (Å²) in [7, 11) is 0. The molecule has 1 N–H and O–H groups in total. The Morgan fingerprint density at radius 3 is 2.46 bits per heavy atom. The summed E-state index contributed by atoms with van der Waals surface area (Å²) in [5.74, 6) is 0.871. The standard InChI is InChI=1S/C20H33NO3/c1-14-7-8-19(18(9-14)20(4,5)6)23-13-17(22)12-21-10-15(2)24-16(3)11-21/h7-9,15-17,22H,10-13H2,1-6H3/t15-,16+,17-/m1/s1. The Morgan fingerprint density at radius 2 is 1.88 bits per heavy atom. The number of hydrogen-bond acceptors (Lipinski definition) is 4. The topological polar surface area (TPSA) is 41.9 Å². The molecule has 0 bridgehead atoms. The van der Waals surface area contributed by atoms with Crippen molar-refractivity contribution in [3.8, 4) is 5.75 Å². The van der Waals surface area contributed by atoms with Crippen molar-refractivity contribution in [3.05, 3.63) is 29.3 Å². The van der Waals surface area contributed by atoms with Crippen molar-refractivity contribution in [1.29, 1.82) is 0 Å². The van der Waals surface area contributed by atoms with Gasteiger partial charge in [-0.25, -0.2) is 0 Å². The third kappa shape index (κ3) is 5.47. The number of ether oxygens (including phenoxy) is 2. The van der Waals surface area contributed by atoms with Crippen molar-refractivity contribution < 1.29 is 14.6 Å². The van der Waals surface area contributed by atoms with Crippen molar-refractivity contribution in [2.24, 2.45) is 0 Å². The van der Waals surface area contributed by atoms with E-state index in [4.69, 9.17) is 9.47 Å². The monoisotopic (exact) mass is 335 g/mol. The summed E-state index contributed by atoms with van der Waals surface area (Å²) < 4.78 is 11.7. The maximum Gasteiger partial charge on any atom is 0.123 e. The molecule has 0 aliphatic carbocycles. The first-order chi connectivity index (χ1) is 11.1. The van der Waals surface area contributed by atoms with Crippen LogP contribution < -0.4 is 4.74 Å². The minimum atomic E-state index is -0.503. The zero-order chi connectivity index (χ0) is 17.9. The summed E-state index contributed by atoms with van der Waals surface area (Å²) in [5.41, 5.74) is 2.42. The van der Waals surface area contributed by atoms with Crippen LogP contribution in [0.15, 0.2) is 18.2 Å². The summed E-state index contributed by atoms with van der Waals surface area (Å²) in [6.07, 6.45) is -0.0745. The molecule has 0 saturated carbocycles. The van der Waals surface area contributed by atoms with Crippen LogP contribution in [-0.2, 0) is 10.2 Å². The van der Waals surface area contributed by atoms with Gasteiger partial charge in [-0.1, -0.05) is 38.5 Å². The van der Waals surface area contributed by atoms with Crippen molar-refractivity contribution in [1.82, 2.24) is 4.90 Å². The summed E-state index contributed by atoms with van der Waals surface area (Å²) >= 11 is 0. The molecule has 0 radical (unpaired) electrons. The molecule has 24 heavy (non-hydrogen) atoms. The van der Waals surface area contributed by atoms with Crippen LogP contribution in [0.3, 0.4) is 0 Å². The van der Waals surface area contributed by atoms with E-state index >= 15 is 0 Å².